The van der Waals surface area contributed by atoms with E-state index in [0.717, 1.165) is 28.2 Å². The molecule has 0 aliphatic rings. The van der Waals surface area contributed by atoms with E-state index in [2.05, 4.69) is 15.5 Å². The molecule has 0 spiro atoms. The first-order chi connectivity index (χ1) is 8.08. The molecule has 5 nitrogen and oxygen atoms in total. The van der Waals surface area contributed by atoms with Crippen molar-refractivity contribution in [2.75, 3.05) is 11.1 Å². The Hall–Kier alpha value is -1.95. The van der Waals surface area contributed by atoms with E-state index in [1.807, 2.05) is 32.0 Å². The maximum Gasteiger partial charge on any atom is 0.286 e. The molecule has 1 amide bonds. The lowest BCUT2D eigenvalue weighted by Gasteiger charge is -2.08. The predicted molar refractivity (Wildman–Crippen MR) is 68.2 cm³/mol. The van der Waals surface area contributed by atoms with Crippen LogP contribution in [0.4, 0.5) is 10.8 Å². The second-order valence-corrected chi connectivity index (χ2v) is 4.66. The van der Waals surface area contributed by atoms with Gasteiger partial charge in [-0.25, -0.2) is 0 Å². The third kappa shape index (κ3) is 2.42. The molecular formula is C11H12N4OS. The second kappa shape index (κ2) is 4.50. The van der Waals surface area contributed by atoms with Crippen LogP contribution in [0, 0.1) is 13.8 Å². The lowest BCUT2D eigenvalue weighted by molar-refractivity contribution is 0.102. The second-order valence-electron chi connectivity index (χ2n) is 3.65. The average molecular weight is 248 g/mol. The van der Waals surface area contributed by atoms with Crippen LogP contribution < -0.4 is 11.1 Å². The Morgan fingerprint density at radius 3 is 2.76 bits per heavy atom. The summed E-state index contributed by atoms with van der Waals surface area (Å²) in [5.74, 6) is -0.284. The van der Waals surface area contributed by atoms with Crippen LogP contribution in [0.1, 0.15) is 20.9 Å². The Labute approximate surface area is 103 Å². The number of amides is 1. The third-order valence-electron chi connectivity index (χ3n) is 2.49. The molecule has 0 radical (unpaired) electrons. The first-order valence-electron chi connectivity index (χ1n) is 5.04. The maximum absolute atomic E-state index is 11.8. The lowest BCUT2D eigenvalue weighted by Crippen LogP contribution is -2.12. The lowest BCUT2D eigenvalue weighted by atomic mass is 10.1. The molecule has 17 heavy (non-hydrogen) atoms. The molecule has 0 fully saturated rings. The molecule has 0 aliphatic carbocycles. The van der Waals surface area contributed by atoms with Crippen LogP contribution >= 0.6 is 11.3 Å². The molecule has 2 aromatic rings. The molecule has 6 heteroatoms. The van der Waals surface area contributed by atoms with Gasteiger partial charge in [0.2, 0.25) is 10.1 Å². The SMILES string of the molecule is Cc1cccc(NC(=O)c2nnc(N)s2)c1C. The number of benzene rings is 1. The molecule has 0 atom stereocenters. The van der Waals surface area contributed by atoms with Crippen LogP contribution in [-0.4, -0.2) is 16.1 Å². The zero-order chi connectivity index (χ0) is 12.4. The topological polar surface area (TPSA) is 80.9 Å². The van der Waals surface area contributed by atoms with Gasteiger partial charge in [-0.3, -0.25) is 4.79 Å². The molecule has 1 heterocycles. The van der Waals surface area contributed by atoms with Crippen LogP contribution in [0.15, 0.2) is 18.2 Å². The summed E-state index contributed by atoms with van der Waals surface area (Å²) in [6, 6.07) is 5.74. The maximum atomic E-state index is 11.8. The quantitative estimate of drug-likeness (QED) is 0.851. The van der Waals surface area contributed by atoms with Crippen molar-refractivity contribution in [3.63, 3.8) is 0 Å². The highest BCUT2D eigenvalue weighted by Gasteiger charge is 2.12. The van der Waals surface area contributed by atoms with Gasteiger partial charge in [0.15, 0.2) is 0 Å². The number of hydrogen-bond donors (Lipinski definition) is 2. The number of nitrogens with zero attached hydrogens (tertiary/aromatic N) is 2. The standard InChI is InChI=1S/C11H12N4OS/c1-6-4-3-5-8(7(6)2)13-9(16)10-14-15-11(12)17-10/h3-5H,1-2H3,(H2,12,15)(H,13,16). The van der Waals surface area contributed by atoms with Crippen LogP contribution in [-0.2, 0) is 0 Å². The van der Waals surface area contributed by atoms with Crippen molar-refractivity contribution in [3.8, 4) is 0 Å². The summed E-state index contributed by atoms with van der Waals surface area (Å²) < 4.78 is 0. The van der Waals surface area contributed by atoms with Gasteiger partial charge in [-0.2, -0.15) is 0 Å². The van der Waals surface area contributed by atoms with Crippen LogP contribution in [0.25, 0.3) is 0 Å². The van der Waals surface area contributed by atoms with Crippen molar-refractivity contribution in [2.24, 2.45) is 0 Å². The molecule has 0 aliphatic heterocycles. The Kier molecular flexibility index (Phi) is 3.06. The van der Waals surface area contributed by atoms with Crippen molar-refractivity contribution < 1.29 is 4.79 Å². The van der Waals surface area contributed by atoms with E-state index in [1.54, 1.807) is 0 Å². The smallest absolute Gasteiger partial charge is 0.286 e. The molecular weight excluding hydrogens is 236 g/mol. The highest BCUT2D eigenvalue weighted by Crippen LogP contribution is 2.19. The first kappa shape index (κ1) is 11.5. The molecule has 0 saturated heterocycles. The van der Waals surface area contributed by atoms with Crippen molar-refractivity contribution in [3.05, 3.63) is 34.3 Å². The summed E-state index contributed by atoms with van der Waals surface area (Å²) >= 11 is 1.07. The zero-order valence-corrected chi connectivity index (χ0v) is 10.3. The van der Waals surface area contributed by atoms with Crippen molar-refractivity contribution >= 4 is 28.1 Å². The summed E-state index contributed by atoms with van der Waals surface area (Å²) in [5, 5.41) is 10.6. The van der Waals surface area contributed by atoms with E-state index in [-0.39, 0.29) is 16.0 Å². The van der Waals surface area contributed by atoms with Crippen LogP contribution in [0.5, 0.6) is 0 Å². The van der Waals surface area contributed by atoms with Gasteiger partial charge < -0.3 is 11.1 Å². The molecule has 2 rings (SSSR count). The van der Waals surface area contributed by atoms with Gasteiger partial charge in [0.1, 0.15) is 0 Å². The fourth-order valence-electron chi connectivity index (χ4n) is 1.39. The fraction of sp³-hybridized carbons (Fsp3) is 0.182. The largest absolute Gasteiger partial charge is 0.374 e. The molecule has 0 bridgehead atoms. The van der Waals surface area contributed by atoms with Gasteiger partial charge in [0, 0.05) is 5.69 Å². The van der Waals surface area contributed by atoms with Gasteiger partial charge in [-0.15, -0.1) is 10.2 Å². The summed E-state index contributed by atoms with van der Waals surface area (Å²) in [6.07, 6.45) is 0. The van der Waals surface area contributed by atoms with Crippen molar-refractivity contribution in [2.45, 2.75) is 13.8 Å². The minimum Gasteiger partial charge on any atom is -0.374 e. The fourth-order valence-corrected chi connectivity index (χ4v) is 1.89. The summed E-state index contributed by atoms with van der Waals surface area (Å²) in [4.78, 5) is 11.8. The highest BCUT2D eigenvalue weighted by atomic mass is 32.1. The Morgan fingerprint density at radius 2 is 2.12 bits per heavy atom. The van der Waals surface area contributed by atoms with Gasteiger partial charge in [0.25, 0.3) is 5.91 Å². The number of aromatic nitrogens is 2. The monoisotopic (exact) mass is 248 g/mol. The number of nitrogen functional groups attached to an aromatic ring is 1. The molecule has 1 aromatic carbocycles. The van der Waals surface area contributed by atoms with Gasteiger partial charge >= 0.3 is 0 Å². The zero-order valence-electron chi connectivity index (χ0n) is 9.52. The van der Waals surface area contributed by atoms with Crippen molar-refractivity contribution in [1.82, 2.24) is 10.2 Å². The van der Waals surface area contributed by atoms with E-state index in [1.165, 1.54) is 0 Å². The van der Waals surface area contributed by atoms with E-state index in [4.69, 9.17) is 5.73 Å². The molecule has 1 aromatic heterocycles. The number of carbonyl (C=O) groups is 1. The summed E-state index contributed by atoms with van der Waals surface area (Å²) in [5.41, 5.74) is 8.37. The van der Waals surface area contributed by atoms with Gasteiger partial charge in [-0.1, -0.05) is 23.5 Å². The average Bonchev–Trinajstić information content (AvgIpc) is 2.72. The molecule has 0 unspecified atom stereocenters. The van der Waals surface area contributed by atoms with Crippen LogP contribution in [0.2, 0.25) is 0 Å². The minimum absolute atomic E-state index is 0.267. The minimum atomic E-state index is -0.284. The van der Waals surface area contributed by atoms with Crippen molar-refractivity contribution in [1.29, 1.82) is 0 Å². The van der Waals surface area contributed by atoms with Crippen LogP contribution in [0.3, 0.4) is 0 Å². The molecule has 88 valence electrons. The van der Waals surface area contributed by atoms with Gasteiger partial charge in [0.05, 0.1) is 0 Å². The van der Waals surface area contributed by atoms with E-state index in [0.29, 0.717) is 0 Å². The number of anilines is 2. The normalized spacial score (nSPS) is 10.2. The number of rotatable bonds is 2. The Morgan fingerprint density at radius 1 is 1.35 bits per heavy atom. The highest BCUT2D eigenvalue weighted by molar-refractivity contribution is 7.16. The molecule has 0 saturated carbocycles. The summed E-state index contributed by atoms with van der Waals surface area (Å²) in [7, 11) is 0. The van der Waals surface area contributed by atoms with E-state index < -0.39 is 0 Å². The number of aryl methyl sites for hydroxylation is 1. The number of nitrogens with two attached hydrogens (primary N) is 1. The Bertz CT molecular complexity index is 564. The number of carbonyl (C=O) groups excluding carboxylic acids is 1. The number of nitrogens with one attached hydrogen (secondary N) is 1. The third-order valence-corrected chi connectivity index (χ3v) is 3.24. The first-order valence-corrected chi connectivity index (χ1v) is 5.86. The molecule has 3 N–H and O–H groups in total. The van der Waals surface area contributed by atoms with E-state index >= 15 is 0 Å². The van der Waals surface area contributed by atoms with Gasteiger partial charge in [-0.05, 0) is 31.0 Å². The van der Waals surface area contributed by atoms with E-state index in [9.17, 15) is 4.79 Å². The number of hydrogen-bond acceptors (Lipinski definition) is 5. The Balaban J connectivity index is 2.21. The summed E-state index contributed by atoms with van der Waals surface area (Å²) in [6.45, 7) is 3.95. The predicted octanol–water partition coefficient (Wildman–Crippen LogP) is 1.99.